The van der Waals surface area contributed by atoms with E-state index in [4.69, 9.17) is 5.11 Å². The van der Waals surface area contributed by atoms with E-state index in [1.165, 1.54) is 18.2 Å². The molecule has 1 heterocycles. The van der Waals surface area contributed by atoms with Crippen molar-refractivity contribution in [2.75, 3.05) is 18.4 Å². The fourth-order valence-electron chi connectivity index (χ4n) is 1.89. The number of carbonyl (C=O) groups excluding carboxylic acids is 1. The molecule has 0 spiro atoms. The minimum atomic E-state index is -1.10. The molecule has 0 bridgehead atoms. The quantitative estimate of drug-likeness (QED) is 0.605. The highest BCUT2D eigenvalue weighted by Gasteiger charge is 2.29. The molecule has 0 aromatic heterocycles. The number of aromatic hydroxyl groups is 1. The van der Waals surface area contributed by atoms with E-state index in [0.717, 1.165) is 13.1 Å². The predicted molar refractivity (Wildman–Crippen MR) is 69.2 cm³/mol. The molecular weight excluding hydrogens is 248 g/mol. The van der Waals surface area contributed by atoms with Gasteiger partial charge in [-0.25, -0.2) is 4.79 Å². The third kappa shape index (κ3) is 2.85. The lowest BCUT2D eigenvalue weighted by molar-refractivity contribution is -0.121. The van der Waals surface area contributed by atoms with E-state index >= 15 is 0 Å². The van der Waals surface area contributed by atoms with Gasteiger partial charge in [-0.05, 0) is 37.2 Å². The molecule has 2 rings (SSSR count). The maximum atomic E-state index is 12.0. The number of rotatable bonds is 4. The maximum Gasteiger partial charge on any atom is 0.335 e. The first-order chi connectivity index (χ1) is 8.99. The lowest BCUT2D eigenvalue weighted by Gasteiger charge is -2.31. The Morgan fingerprint density at radius 1 is 1.42 bits per heavy atom. The Hall–Kier alpha value is -2.08. The van der Waals surface area contributed by atoms with Crippen molar-refractivity contribution in [2.45, 2.75) is 6.92 Å². The van der Waals surface area contributed by atoms with Crippen LogP contribution in [0, 0.1) is 11.8 Å². The molecule has 1 aromatic carbocycles. The van der Waals surface area contributed by atoms with Crippen molar-refractivity contribution in [3.63, 3.8) is 0 Å². The summed E-state index contributed by atoms with van der Waals surface area (Å²) in [6, 6.07) is 3.79. The second-order valence-corrected chi connectivity index (χ2v) is 4.73. The van der Waals surface area contributed by atoms with Crippen molar-refractivity contribution in [1.29, 1.82) is 0 Å². The summed E-state index contributed by atoms with van der Waals surface area (Å²) in [5, 5.41) is 24.2. The van der Waals surface area contributed by atoms with E-state index in [2.05, 4.69) is 10.6 Å². The topological polar surface area (TPSA) is 98.7 Å². The lowest BCUT2D eigenvalue weighted by atomic mass is 9.88. The fourth-order valence-corrected chi connectivity index (χ4v) is 1.89. The van der Waals surface area contributed by atoms with Gasteiger partial charge in [0.05, 0.1) is 11.3 Å². The number of phenolic OH excluding ortho intramolecular Hbond substituents is 1. The zero-order valence-electron chi connectivity index (χ0n) is 10.5. The number of hydrogen-bond donors (Lipinski definition) is 4. The number of nitrogens with one attached hydrogen (secondary N) is 2. The Morgan fingerprint density at radius 3 is 2.63 bits per heavy atom. The van der Waals surface area contributed by atoms with Crippen LogP contribution in [0.1, 0.15) is 17.3 Å². The van der Waals surface area contributed by atoms with E-state index in [1.807, 2.05) is 6.92 Å². The van der Waals surface area contributed by atoms with E-state index < -0.39 is 5.97 Å². The molecule has 1 aliphatic rings. The number of carboxylic acid groups (broad SMARTS) is 1. The van der Waals surface area contributed by atoms with E-state index in [9.17, 15) is 14.7 Å². The van der Waals surface area contributed by atoms with Crippen LogP contribution in [0.2, 0.25) is 0 Å². The molecule has 6 nitrogen and oxygen atoms in total. The van der Waals surface area contributed by atoms with Gasteiger partial charge in [0.15, 0.2) is 0 Å². The predicted octanol–water partition coefficient (Wildman–Crippen LogP) is 0.884. The molecule has 4 N–H and O–H groups in total. The van der Waals surface area contributed by atoms with Crippen molar-refractivity contribution in [3.8, 4) is 5.75 Å². The fraction of sp³-hybridized carbons (Fsp3) is 0.385. The lowest BCUT2D eigenvalue weighted by Crippen LogP contribution is -2.48. The van der Waals surface area contributed by atoms with Gasteiger partial charge in [-0.15, -0.1) is 0 Å². The first-order valence-electron chi connectivity index (χ1n) is 6.07. The monoisotopic (exact) mass is 264 g/mol. The highest BCUT2D eigenvalue weighted by atomic mass is 16.4. The summed E-state index contributed by atoms with van der Waals surface area (Å²) in [4.78, 5) is 22.8. The second-order valence-electron chi connectivity index (χ2n) is 4.73. The standard InChI is InChI=1S/C13H16N2O4/c1-7(9-5-14-6-9)12(17)15-10-4-8(13(18)19)2-3-11(10)16/h2-4,7,9,14,16H,5-6H2,1H3,(H,15,17)(H,18,19). The number of benzene rings is 1. The first kappa shape index (κ1) is 13.4. The minimum absolute atomic E-state index is 0.0195. The van der Waals surface area contributed by atoms with Crippen molar-refractivity contribution in [1.82, 2.24) is 5.32 Å². The third-order valence-corrected chi connectivity index (χ3v) is 3.44. The Bertz CT molecular complexity index is 511. The van der Waals surface area contributed by atoms with Gasteiger partial charge in [0.25, 0.3) is 0 Å². The highest BCUT2D eigenvalue weighted by molar-refractivity contribution is 5.96. The van der Waals surface area contributed by atoms with Crippen LogP contribution >= 0.6 is 0 Å². The van der Waals surface area contributed by atoms with Gasteiger partial charge in [0.2, 0.25) is 5.91 Å². The molecule has 0 saturated carbocycles. The van der Waals surface area contributed by atoms with Gasteiger partial charge in [-0.1, -0.05) is 6.92 Å². The molecule has 1 fully saturated rings. The Labute approximate surface area is 110 Å². The van der Waals surface area contributed by atoms with Crippen LogP contribution in [0.25, 0.3) is 0 Å². The van der Waals surface area contributed by atoms with Crippen molar-refractivity contribution >= 4 is 17.6 Å². The number of amides is 1. The van der Waals surface area contributed by atoms with E-state index in [0.29, 0.717) is 0 Å². The van der Waals surface area contributed by atoms with Crippen LogP contribution in [-0.2, 0) is 4.79 Å². The Kier molecular flexibility index (Phi) is 3.71. The number of aromatic carboxylic acids is 1. The Morgan fingerprint density at radius 2 is 2.11 bits per heavy atom. The van der Waals surface area contributed by atoms with Crippen molar-refractivity contribution in [3.05, 3.63) is 23.8 Å². The Balaban J connectivity index is 2.11. The zero-order chi connectivity index (χ0) is 14.0. The van der Waals surface area contributed by atoms with Gasteiger partial charge in [-0.3, -0.25) is 4.79 Å². The number of carboxylic acids is 1. The van der Waals surface area contributed by atoms with Gasteiger partial charge >= 0.3 is 5.97 Å². The largest absolute Gasteiger partial charge is 0.506 e. The van der Waals surface area contributed by atoms with Crippen molar-refractivity contribution in [2.24, 2.45) is 11.8 Å². The summed E-state index contributed by atoms with van der Waals surface area (Å²) < 4.78 is 0. The zero-order valence-corrected chi connectivity index (χ0v) is 10.5. The van der Waals surface area contributed by atoms with Gasteiger partial charge in [0.1, 0.15) is 5.75 Å². The highest BCUT2D eigenvalue weighted by Crippen LogP contribution is 2.26. The summed E-state index contributed by atoms with van der Waals surface area (Å²) in [6.45, 7) is 3.42. The smallest absolute Gasteiger partial charge is 0.335 e. The van der Waals surface area contributed by atoms with Crippen LogP contribution in [-0.4, -0.2) is 35.2 Å². The van der Waals surface area contributed by atoms with Crippen LogP contribution in [0.3, 0.4) is 0 Å². The van der Waals surface area contributed by atoms with Crippen LogP contribution < -0.4 is 10.6 Å². The molecule has 1 atom stereocenters. The molecule has 0 aliphatic carbocycles. The molecule has 1 unspecified atom stereocenters. The van der Waals surface area contributed by atoms with E-state index in [1.54, 1.807) is 0 Å². The second kappa shape index (κ2) is 5.27. The maximum absolute atomic E-state index is 12.0. The summed E-state index contributed by atoms with van der Waals surface area (Å²) in [7, 11) is 0. The van der Waals surface area contributed by atoms with Gasteiger partial charge in [-0.2, -0.15) is 0 Å². The molecule has 0 radical (unpaired) electrons. The average molecular weight is 264 g/mol. The number of anilines is 1. The molecule has 1 saturated heterocycles. The van der Waals surface area contributed by atoms with Gasteiger partial charge in [0, 0.05) is 5.92 Å². The molecule has 1 amide bonds. The molecule has 19 heavy (non-hydrogen) atoms. The molecule has 1 aromatic rings. The first-order valence-corrected chi connectivity index (χ1v) is 6.07. The molecule has 1 aliphatic heterocycles. The van der Waals surface area contributed by atoms with E-state index in [-0.39, 0.29) is 34.7 Å². The molecule has 6 heteroatoms. The number of phenols is 1. The van der Waals surface area contributed by atoms with Crippen LogP contribution in [0.15, 0.2) is 18.2 Å². The summed E-state index contributed by atoms with van der Waals surface area (Å²) in [6.07, 6.45) is 0. The summed E-state index contributed by atoms with van der Waals surface area (Å²) >= 11 is 0. The summed E-state index contributed by atoms with van der Waals surface area (Å²) in [5.41, 5.74) is 0.148. The summed E-state index contributed by atoms with van der Waals surface area (Å²) in [5.74, 6) is -1.37. The van der Waals surface area contributed by atoms with Crippen molar-refractivity contribution < 1.29 is 19.8 Å². The normalized spacial score (nSPS) is 16.5. The number of hydrogen-bond acceptors (Lipinski definition) is 4. The molecular formula is C13H16N2O4. The third-order valence-electron chi connectivity index (χ3n) is 3.44. The average Bonchev–Trinajstić information content (AvgIpc) is 2.29. The van der Waals surface area contributed by atoms with Gasteiger partial charge < -0.3 is 20.8 Å². The van der Waals surface area contributed by atoms with Crippen LogP contribution in [0.4, 0.5) is 5.69 Å². The SMILES string of the molecule is CC(C(=O)Nc1cc(C(=O)O)ccc1O)C1CNC1. The van der Waals surface area contributed by atoms with Crippen LogP contribution in [0.5, 0.6) is 5.75 Å². The molecule has 102 valence electrons. The minimum Gasteiger partial charge on any atom is -0.506 e. The number of carbonyl (C=O) groups is 2.